The summed E-state index contributed by atoms with van der Waals surface area (Å²) in [6, 6.07) is 5.72. The summed E-state index contributed by atoms with van der Waals surface area (Å²) in [5, 5.41) is 27.9. The Hall–Kier alpha value is -2.51. The Kier molecular flexibility index (Phi) is 4.15. The van der Waals surface area contributed by atoms with E-state index < -0.39 is 36.4 Å². The number of aliphatic hydroxyl groups is 2. The van der Waals surface area contributed by atoms with Gasteiger partial charge in [0.2, 0.25) is 0 Å². The van der Waals surface area contributed by atoms with E-state index in [1.54, 1.807) is 0 Å². The molecule has 1 aliphatic rings. The molecule has 1 aromatic rings. The Labute approximate surface area is 119 Å². The van der Waals surface area contributed by atoms with E-state index in [0.717, 1.165) is 17.1 Å². The van der Waals surface area contributed by atoms with E-state index in [4.69, 9.17) is 5.11 Å². The summed E-state index contributed by atoms with van der Waals surface area (Å²) in [6.45, 7) is 0. The summed E-state index contributed by atoms with van der Waals surface area (Å²) in [6.07, 6.45) is -1.08. The van der Waals surface area contributed by atoms with E-state index in [9.17, 15) is 24.6 Å². The van der Waals surface area contributed by atoms with Gasteiger partial charge < -0.3 is 15.3 Å². The molecule has 7 nitrogen and oxygen atoms in total. The largest absolute Gasteiger partial charge is 0.481 e. The van der Waals surface area contributed by atoms with Gasteiger partial charge in [-0.25, -0.2) is 4.90 Å². The monoisotopic (exact) mass is 291 g/mol. The SMILES string of the molecule is O=C(O)CC(O)C(O)c1ccc(N2C(=O)C=CC2=O)cc1. The molecule has 0 spiro atoms. The second kappa shape index (κ2) is 5.86. The number of nitrogens with zero attached hydrogens (tertiary/aromatic N) is 1. The number of amides is 2. The average Bonchev–Trinajstić information content (AvgIpc) is 2.77. The molecule has 2 amide bonds. The van der Waals surface area contributed by atoms with Crippen LogP contribution in [0.2, 0.25) is 0 Å². The summed E-state index contributed by atoms with van der Waals surface area (Å²) >= 11 is 0. The molecule has 2 unspecified atom stereocenters. The molecule has 0 radical (unpaired) electrons. The molecule has 0 bridgehead atoms. The van der Waals surface area contributed by atoms with Crippen molar-refractivity contribution >= 4 is 23.5 Å². The number of imide groups is 1. The number of aliphatic carboxylic acids is 1. The predicted octanol–water partition coefficient (Wildman–Crippen LogP) is -0.0150. The first-order valence-corrected chi connectivity index (χ1v) is 6.14. The molecular formula is C14H13NO6. The molecule has 0 saturated carbocycles. The van der Waals surface area contributed by atoms with E-state index in [2.05, 4.69) is 0 Å². The molecule has 7 heteroatoms. The molecule has 3 N–H and O–H groups in total. The van der Waals surface area contributed by atoms with Crippen molar-refractivity contribution in [3.8, 4) is 0 Å². The molecule has 0 aliphatic carbocycles. The van der Waals surface area contributed by atoms with E-state index >= 15 is 0 Å². The Morgan fingerprint density at radius 2 is 1.57 bits per heavy atom. The summed E-state index contributed by atoms with van der Waals surface area (Å²) in [5.41, 5.74) is 0.623. The van der Waals surface area contributed by atoms with E-state index in [0.29, 0.717) is 11.3 Å². The third-order valence-electron chi connectivity index (χ3n) is 3.05. The summed E-state index contributed by atoms with van der Waals surface area (Å²) < 4.78 is 0. The van der Waals surface area contributed by atoms with Gasteiger partial charge in [0.05, 0.1) is 18.2 Å². The van der Waals surface area contributed by atoms with Gasteiger partial charge in [-0.3, -0.25) is 14.4 Å². The number of carboxylic acid groups (broad SMARTS) is 1. The van der Waals surface area contributed by atoms with Crippen LogP contribution in [0.1, 0.15) is 18.1 Å². The number of aliphatic hydroxyl groups excluding tert-OH is 2. The highest BCUT2D eigenvalue weighted by Gasteiger charge is 2.26. The zero-order valence-electron chi connectivity index (χ0n) is 10.8. The molecule has 0 saturated heterocycles. The molecule has 0 fully saturated rings. The van der Waals surface area contributed by atoms with Crippen LogP contribution in [-0.2, 0) is 14.4 Å². The number of hydrogen-bond donors (Lipinski definition) is 3. The Morgan fingerprint density at radius 1 is 1.05 bits per heavy atom. The normalized spacial score (nSPS) is 17.1. The van der Waals surface area contributed by atoms with E-state index in [1.807, 2.05) is 0 Å². The Bertz CT molecular complexity index is 588. The van der Waals surface area contributed by atoms with Crippen molar-refractivity contribution in [3.05, 3.63) is 42.0 Å². The van der Waals surface area contributed by atoms with Crippen LogP contribution in [0.5, 0.6) is 0 Å². The van der Waals surface area contributed by atoms with Crippen LogP contribution in [0, 0.1) is 0 Å². The highest BCUT2D eigenvalue weighted by Crippen LogP contribution is 2.24. The zero-order chi connectivity index (χ0) is 15.6. The van der Waals surface area contributed by atoms with Gasteiger partial charge in [-0.1, -0.05) is 12.1 Å². The lowest BCUT2D eigenvalue weighted by Gasteiger charge is -2.18. The van der Waals surface area contributed by atoms with Gasteiger partial charge in [-0.05, 0) is 17.7 Å². The highest BCUT2D eigenvalue weighted by atomic mass is 16.4. The predicted molar refractivity (Wildman–Crippen MR) is 71.3 cm³/mol. The quantitative estimate of drug-likeness (QED) is 0.657. The maximum absolute atomic E-state index is 11.5. The summed E-state index contributed by atoms with van der Waals surface area (Å²) in [7, 11) is 0. The van der Waals surface area contributed by atoms with Gasteiger partial charge in [-0.15, -0.1) is 0 Å². The second-order valence-corrected chi connectivity index (χ2v) is 4.55. The first kappa shape index (κ1) is 14.9. The fraction of sp³-hybridized carbons (Fsp3) is 0.214. The van der Waals surface area contributed by atoms with Gasteiger partial charge in [0.15, 0.2) is 0 Å². The van der Waals surface area contributed by atoms with Crippen molar-refractivity contribution in [3.63, 3.8) is 0 Å². The smallest absolute Gasteiger partial charge is 0.306 e. The maximum atomic E-state index is 11.5. The molecule has 2 rings (SSSR count). The molecule has 110 valence electrons. The van der Waals surface area contributed by atoms with Crippen molar-refractivity contribution in [2.45, 2.75) is 18.6 Å². The molecule has 1 heterocycles. The number of carbonyl (C=O) groups excluding carboxylic acids is 2. The fourth-order valence-corrected chi connectivity index (χ4v) is 1.99. The first-order valence-electron chi connectivity index (χ1n) is 6.14. The number of rotatable bonds is 5. The summed E-state index contributed by atoms with van der Waals surface area (Å²) in [4.78, 5) is 34.4. The average molecular weight is 291 g/mol. The van der Waals surface area contributed by atoms with Crippen LogP contribution in [0.4, 0.5) is 5.69 Å². The minimum Gasteiger partial charge on any atom is -0.481 e. The van der Waals surface area contributed by atoms with Gasteiger partial charge in [0.1, 0.15) is 6.10 Å². The van der Waals surface area contributed by atoms with E-state index in [-0.39, 0.29) is 0 Å². The van der Waals surface area contributed by atoms with Crippen molar-refractivity contribution in [2.24, 2.45) is 0 Å². The molecule has 0 aromatic heterocycles. The van der Waals surface area contributed by atoms with Crippen molar-refractivity contribution in [1.82, 2.24) is 0 Å². The molecule has 1 aliphatic heterocycles. The second-order valence-electron chi connectivity index (χ2n) is 4.55. The highest BCUT2D eigenvalue weighted by molar-refractivity contribution is 6.28. The molecule has 21 heavy (non-hydrogen) atoms. The zero-order valence-corrected chi connectivity index (χ0v) is 10.8. The third kappa shape index (κ3) is 3.15. The molecule has 2 atom stereocenters. The van der Waals surface area contributed by atoms with Crippen molar-refractivity contribution < 1.29 is 29.7 Å². The minimum absolute atomic E-state index is 0.291. The lowest BCUT2D eigenvalue weighted by atomic mass is 10.0. The standard InChI is InChI=1S/C14H13NO6/c16-10(7-13(19)20)14(21)8-1-3-9(4-2-8)15-11(17)5-6-12(15)18/h1-6,10,14,16,21H,7H2,(H,19,20). The van der Waals surface area contributed by atoms with Crippen LogP contribution in [0.15, 0.2) is 36.4 Å². The lowest BCUT2D eigenvalue weighted by Crippen LogP contribution is -2.29. The van der Waals surface area contributed by atoms with Gasteiger partial charge in [0.25, 0.3) is 11.8 Å². The topological polar surface area (TPSA) is 115 Å². The van der Waals surface area contributed by atoms with Crippen LogP contribution in [-0.4, -0.2) is 39.2 Å². The number of hydrogen-bond acceptors (Lipinski definition) is 5. The van der Waals surface area contributed by atoms with Crippen molar-refractivity contribution in [2.75, 3.05) is 4.90 Å². The maximum Gasteiger partial charge on any atom is 0.306 e. The number of carboxylic acids is 1. The number of carbonyl (C=O) groups is 3. The van der Waals surface area contributed by atoms with Gasteiger partial charge in [-0.2, -0.15) is 0 Å². The molecule has 1 aromatic carbocycles. The van der Waals surface area contributed by atoms with Gasteiger partial charge >= 0.3 is 5.97 Å². The Morgan fingerprint density at radius 3 is 2.05 bits per heavy atom. The summed E-state index contributed by atoms with van der Waals surface area (Å²) in [5.74, 6) is -2.14. The van der Waals surface area contributed by atoms with Crippen molar-refractivity contribution in [1.29, 1.82) is 0 Å². The van der Waals surface area contributed by atoms with Crippen LogP contribution in [0.3, 0.4) is 0 Å². The number of benzene rings is 1. The molecular weight excluding hydrogens is 278 g/mol. The first-order chi connectivity index (χ1) is 9.90. The third-order valence-corrected chi connectivity index (χ3v) is 3.05. The minimum atomic E-state index is -1.44. The van der Waals surface area contributed by atoms with E-state index in [1.165, 1.54) is 24.3 Å². The fourth-order valence-electron chi connectivity index (χ4n) is 1.99. The van der Waals surface area contributed by atoms with Gasteiger partial charge in [0, 0.05) is 12.2 Å². The number of anilines is 1. The van der Waals surface area contributed by atoms with Crippen LogP contribution < -0.4 is 4.90 Å². The van der Waals surface area contributed by atoms with Crippen LogP contribution >= 0.6 is 0 Å². The van der Waals surface area contributed by atoms with Crippen LogP contribution in [0.25, 0.3) is 0 Å². The Balaban J connectivity index is 2.14. The lowest BCUT2D eigenvalue weighted by molar-refractivity contribution is -0.141.